The van der Waals surface area contributed by atoms with E-state index in [1.165, 1.54) is 18.6 Å². The maximum absolute atomic E-state index is 11.4. The normalized spacial score (nSPS) is 9.84. The molecule has 1 radical (unpaired) electrons. The van der Waals surface area contributed by atoms with Crippen molar-refractivity contribution in [2.24, 2.45) is 0 Å². The van der Waals surface area contributed by atoms with Gasteiger partial charge in [0.15, 0.2) is 0 Å². The lowest BCUT2D eigenvalue weighted by molar-refractivity contribution is 0.200. The summed E-state index contributed by atoms with van der Waals surface area (Å²) >= 11 is 0. The molecule has 0 N–H and O–H groups in total. The molecule has 2 rings (SSSR count). The maximum atomic E-state index is 11.4. The number of fused-ring (bicyclic) bond motifs is 1. The van der Waals surface area contributed by atoms with Gasteiger partial charge in [-0.1, -0.05) is 0 Å². The van der Waals surface area contributed by atoms with E-state index in [4.69, 9.17) is 14.4 Å². The largest absolute Gasteiger partial charge is 0.490 e. The van der Waals surface area contributed by atoms with Crippen LogP contribution in [0.4, 0.5) is 0 Å². The average molecular weight is 258 g/mol. The van der Waals surface area contributed by atoms with Crippen molar-refractivity contribution in [1.82, 2.24) is 0 Å². The lowest BCUT2D eigenvalue weighted by atomic mass is 10.2. The summed E-state index contributed by atoms with van der Waals surface area (Å²) in [4.78, 5) is 21.2. The second kappa shape index (κ2) is 5.69. The molecular weight excluding hydrogens is 250 g/mol. The Balaban J connectivity index is 2.24. The third kappa shape index (κ3) is 2.90. The van der Waals surface area contributed by atoms with E-state index >= 15 is 0 Å². The first-order valence-electron chi connectivity index (χ1n) is 5.34. The molecule has 0 aliphatic heterocycles. The highest BCUT2D eigenvalue weighted by molar-refractivity contribution is 5.79. The van der Waals surface area contributed by atoms with Crippen molar-refractivity contribution in [3.05, 3.63) is 40.2 Å². The van der Waals surface area contributed by atoms with E-state index < -0.39 is 5.63 Å². The van der Waals surface area contributed by atoms with Crippen molar-refractivity contribution < 1.29 is 18.7 Å². The Hall–Kier alpha value is -2.81. The molecule has 0 saturated heterocycles. The van der Waals surface area contributed by atoms with Gasteiger partial charge in [-0.15, -0.1) is 0 Å². The molecule has 0 unspecified atom stereocenters. The summed E-state index contributed by atoms with van der Waals surface area (Å²) in [7, 11) is 0. The molecule has 0 spiro atoms. The number of nitrogens with zero attached hydrogens (tertiary/aromatic N) is 1. The predicted molar refractivity (Wildman–Crippen MR) is 64.3 cm³/mol. The minimum Gasteiger partial charge on any atom is -0.490 e. The molecule has 1 aromatic heterocycles. The van der Waals surface area contributed by atoms with E-state index in [9.17, 15) is 9.59 Å². The Labute approximate surface area is 107 Å². The average Bonchev–Trinajstić information content (AvgIpc) is 2.42. The predicted octanol–water partition coefficient (Wildman–Crippen LogP) is 1.13. The number of rotatable bonds is 5. The van der Waals surface area contributed by atoms with Crippen LogP contribution < -0.4 is 10.4 Å². The van der Waals surface area contributed by atoms with Gasteiger partial charge in [-0.05, 0) is 18.2 Å². The number of carbonyl (C=O) groups excluding carboxylic acids is 1. The summed E-state index contributed by atoms with van der Waals surface area (Å²) in [6.07, 6.45) is 0. The molecule has 19 heavy (non-hydrogen) atoms. The van der Waals surface area contributed by atoms with Gasteiger partial charge in [-0.2, -0.15) is 5.26 Å². The number of hydrogen-bond donors (Lipinski definition) is 0. The van der Waals surface area contributed by atoms with Crippen molar-refractivity contribution in [3.8, 4) is 11.8 Å². The molecule has 0 saturated carbocycles. The van der Waals surface area contributed by atoms with E-state index in [0.29, 0.717) is 16.7 Å². The third-order valence-electron chi connectivity index (χ3n) is 2.34. The number of nitriles is 1. The summed E-state index contributed by atoms with van der Waals surface area (Å²) in [6.45, 7) is 1.53. The fraction of sp³-hybridized carbons (Fsp3) is 0.154. The van der Waals surface area contributed by atoms with Crippen molar-refractivity contribution in [2.45, 2.75) is 0 Å². The Morgan fingerprint density at radius 2 is 2.11 bits per heavy atom. The first kappa shape index (κ1) is 12.6. The molecule has 0 atom stereocenters. The Morgan fingerprint density at radius 3 is 2.84 bits per heavy atom. The molecule has 1 aromatic carbocycles. The van der Waals surface area contributed by atoms with Gasteiger partial charge in [0.1, 0.15) is 36.2 Å². The Morgan fingerprint density at radius 1 is 1.26 bits per heavy atom. The van der Waals surface area contributed by atoms with Crippen LogP contribution in [0.5, 0.6) is 5.75 Å². The first-order chi connectivity index (χ1) is 9.24. The van der Waals surface area contributed by atoms with Crippen LogP contribution in [-0.2, 0) is 9.53 Å². The molecule has 2 aromatic rings. The van der Waals surface area contributed by atoms with Crippen LogP contribution in [0, 0.1) is 11.3 Å². The highest BCUT2D eigenvalue weighted by atomic mass is 16.5. The molecule has 6 heteroatoms. The first-order valence-corrected chi connectivity index (χ1v) is 5.34. The van der Waals surface area contributed by atoms with Crippen molar-refractivity contribution in [1.29, 1.82) is 5.26 Å². The molecule has 0 aliphatic rings. The van der Waals surface area contributed by atoms with Gasteiger partial charge in [-0.3, -0.25) is 0 Å². The van der Waals surface area contributed by atoms with Gasteiger partial charge in [0.2, 0.25) is 0 Å². The smallest absolute Gasteiger partial charge is 0.417 e. The topological polar surface area (TPSA) is 89.5 Å². The molecule has 0 aliphatic carbocycles. The van der Waals surface area contributed by atoms with E-state index in [2.05, 4.69) is 4.74 Å². The molecule has 0 amide bonds. The molecule has 95 valence electrons. The van der Waals surface area contributed by atoms with Crippen molar-refractivity contribution >= 4 is 17.4 Å². The Bertz CT molecular complexity index is 698. The number of hydrogen-bond acceptors (Lipinski definition) is 6. The van der Waals surface area contributed by atoms with E-state index in [1.54, 1.807) is 18.2 Å². The van der Waals surface area contributed by atoms with Crippen LogP contribution in [0.1, 0.15) is 5.56 Å². The molecule has 0 bridgehead atoms. The van der Waals surface area contributed by atoms with Crippen LogP contribution in [0.25, 0.3) is 11.0 Å². The highest BCUT2D eigenvalue weighted by Gasteiger charge is 2.05. The van der Waals surface area contributed by atoms with Gasteiger partial charge in [0.05, 0.1) is 0 Å². The fourth-order valence-electron chi connectivity index (χ4n) is 1.50. The number of ether oxygens (including phenoxy) is 2. The molecule has 6 nitrogen and oxygen atoms in total. The van der Waals surface area contributed by atoms with Crippen LogP contribution in [-0.4, -0.2) is 19.7 Å². The van der Waals surface area contributed by atoms with E-state index in [1.807, 2.05) is 0 Å². The van der Waals surface area contributed by atoms with Crippen molar-refractivity contribution in [2.75, 3.05) is 13.2 Å². The Kier molecular flexibility index (Phi) is 3.78. The van der Waals surface area contributed by atoms with Crippen molar-refractivity contribution in [3.63, 3.8) is 0 Å². The molecule has 1 heterocycles. The second-order valence-corrected chi connectivity index (χ2v) is 3.54. The molecular formula is C13H8NO5. The zero-order valence-electron chi connectivity index (χ0n) is 9.71. The van der Waals surface area contributed by atoms with Gasteiger partial charge < -0.3 is 13.9 Å². The quantitative estimate of drug-likeness (QED) is 0.589. The summed E-state index contributed by atoms with van der Waals surface area (Å²) in [5, 5.41) is 9.35. The number of benzene rings is 1. The second-order valence-electron chi connectivity index (χ2n) is 3.54. The summed E-state index contributed by atoms with van der Waals surface area (Å²) in [6, 6.07) is 8.07. The van der Waals surface area contributed by atoms with Crippen LogP contribution >= 0.6 is 0 Å². The van der Waals surface area contributed by atoms with E-state index in [-0.39, 0.29) is 18.8 Å². The zero-order valence-corrected chi connectivity index (χ0v) is 9.71. The van der Waals surface area contributed by atoms with Gasteiger partial charge >= 0.3 is 12.1 Å². The maximum Gasteiger partial charge on any atom is 0.417 e. The minimum atomic E-state index is -0.689. The zero-order chi connectivity index (χ0) is 13.7. The summed E-state index contributed by atoms with van der Waals surface area (Å²) in [5.41, 5.74) is -0.411. The minimum absolute atomic E-state index is 0.0453. The van der Waals surface area contributed by atoms with Gasteiger partial charge in [0.25, 0.3) is 0 Å². The fourth-order valence-corrected chi connectivity index (χ4v) is 1.50. The SMILES string of the molecule is N#Cc1cc2ccc(OCCO[C]=O)cc2oc1=O. The summed E-state index contributed by atoms with van der Waals surface area (Å²) < 4.78 is 14.6. The van der Waals surface area contributed by atoms with Gasteiger partial charge in [-0.25, -0.2) is 9.59 Å². The lowest BCUT2D eigenvalue weighted by Gasteiger charge is -2.05. The summed E-state index contributed by atoms with van der Waals surface area (Å²) in [5.74, 6) is 0.467. The van der Waals surface area contributed by atoms with Crippen LogP contribution in [0.15, 0.2) is 33.5 Å². The van der Waals surface area contributed by atoms with E-state index in [0.717, 1.165) is 0 Å². The highest BCUT2D eigenvalue weighted by Crippen LogP contribution is 2.20. The molecule has 0 fully saturated rings. The van der Waals surface area contributed by atoms with Gasteiger partial charge in [0, 0.05) is 11.5 Å². The van der Waals surface area contributed by atoms with Crippen LogP contribution in [0.2, 0.25) is 0 Å². The van der Waals surface area contributed by atoms with Crippen LogP contribution in [0.3, 0.4) is 0 Å². The lowest BCUT2D eigenvalue weighted by Crippen LogP contribution is -2.06. The standard InChI is InChI=1S/C13H8NO5/c14-7-10-5-9-1-2-11(18-4-3-17-8-15)6-12(9)19-13(10)16/h1-2,5-6H,3-4H2. The monoisotopic (exact) mass is 258 g/mol. The third-order valence-corrected chi connectivity index (χ3v) is 2.34.